The third-order valence-corrected chi connectivity index (χ3v) is 4.31. The number of carboxylic acids is 1. The second-order valence-corrected chi connectivity index (χ2v) is 5.93. The first-order chi connectivity index (χ1) is 9.99. The molecule has 1 fully saturated rings. The van der Waals surface area contributed by atoms with Crippen molar-refractivity contribution < 1.29 is 14.7 Å². The fourth-order valence-corrected chi connectivity index (χ4v) is 2.90. The molecule has 0 saturated carbocycles. The van der Waals surface area contributed by atoms with Crippen LogP contribution in [0.3, 0.4) is 0 Å². The van der Waals surface area contributed by atoms with E-state index in [2.05, 4.69) is 31.5 Å². The first kappa shape index (κ1) is 15.8. The largest absolute Gasteiger partial charge is 0.478 e. The van der Waals surface area contributed by atoms with E-state index in [0.29, 0.717) is 17.1 Å². The fraction of sp³-hybridized carbons (Fsp3) is 0.429. The third kappa shape index (κ3) is 3.95. The van der Waals surface area contributed by atoms with E-state index in [9.17, 15) is 9.59 Å². The van der Waals surface area contributed by atoms with Crippen LogP contribution in [0.2, 0.25) is 0 Å². The number of rotatable bonds is 4. The molecule has 1 saturated heterocycles. The van der Waals surface area contributed by atoms with Crippen LogP contribution in [0.1, 0.15) is 23.2 Å². The van der Waals surface area contributed by atoms with Gasteiger partial charge < -0.3 is 20.6 Å². The Morgan fingerprint density at radius 2 is 2.24 bits per heavy atom. The number of aromatic carboxylic acids is 1. The highest BCUT2D eigenvalue weighted by atomic mass is 79.9. The molecule has 1 heterocycles. The number of benzene rings is 1. The van der Waals surface area contributed by atoms with E-state index in [1.807, 2.05) is 7.05 Å². The first-order valence-corrected chi connectivity index (χ1v) is 7.55. The number of carboxylic acid groups (broad SMARTS) is 1. The van der Waals surface area contributed by atoms with Crippen LogP contribution in [0.15, 0.2) is 22.7 Å². The zero-order valence-electron chi connectivity index (χ0n) is 11.7. The fourth-order valence-electron chi connectivity index (χ4n) is 2.43. The van der Waals surface area contributed by atoms with E-state index in [4.69, 9.17) is 5.11 Å². The minimum absolute atomic E-state index is 0.0532. The van der Waals surface area contributed by atoms with Crippen LogP contribution >= 0.6 is 15.9 Å². The summed E-state index contributed by atoms with van der Waals surface area (Å²) in [5, 5.41) is 14.5. The number of urea groups is 1. The summed E-state index contributed by atoms with van der Waals surface area (Å²) in [5.41, 5.74) is 0.319. The van der Waals surface area contributed by atoms with E-state index >= 15 is 0 Å². The lowest BCUT2D eigenvalue weighted by Gasteiger charge is -2.20. The monoisotopic (exact) mass is 355 g/mol. The Hall–Kier alpha value is -1.60. The van der Waals surface area contributed by atoms with Crippen molar-refractivity contribution in [2.45, 2.75) is 18.9 Å². The van der Waals surface area contributed by atoms with E-state index in [-0.39, 0.29) is 11.3 Å². The maximum absolute atomic E-state index is 11.9. The van der Waals surface area contributed by atoms with Gasteiger partial charge in [0.05, 0.1) is 11.3 Å². The molecule has 0 bridgehead atoms. The van der Waals surface area contributed by atoms with Gasteiger partial charge in [0, 0.05) is 17.1 Å². The van der Waals surface area contributed by atoms with Gasteiger partial charge in [-0.15, -0.1) is 0 Å². The van der Waals surface area contributed by atoms with Crippen molar-refractivity contribution in [2.75, 3.05) is 25.5 Å². The highest BCUT2D eigenvalue weighted by Gasteiger charge is 2.21. The van der Waals surface area contributed by atoms with Crippen molar-refractivity contribution in [3.8, 4) is 0 Å². The Labute approximate surface area is 131 Å². The van der Waals surface area contributed by atoms with Crippen LogP contribution < -0.4 is 10.6 Å². The average Bonchev–Trinajstić information content (AvgIpc) is 2.84. The molecule has 1 aromatic rings. The molecule has 0 aromatic heterocycles. The minimum atomic E-state index is -1.08. The van der Waals surface area contributed by atoms with E-state index in [1.165, 1.54) is 6.07 Å². The molecule has 1 aliphatic heterocycles. The lowest BCUT2D eigenvalue weighted by atomic mass is 10.2. The summed E-state index contributed by atoms with van der Waals surface area (Å²) in [5.74, 6) is -1.08. The topological polar surface area (TPSA) is 81.7 Å². The Morgan fingerprint density at radius 3 is 2.86 bits per heavy atom. The maximum Gasteiger partial charge on any atom is 0.337 e. The Morgan fingerprint density at radius 1 is 1.48 bits per heavy atom. The van der Waals surface area contributed by atoms with Gasteiger partial charge in [-0.1, -0.05) is 6.07 Å². The summed E-state index contributed by atoms with van der Waals surface area (Å²) in [7, 11) is 2.04. The average molecular weight is 356 g/mol. The second-order valence-electron chi connectivity index (χ2n) is 5.08. The first-order valence-electron chi connectivity index (χ1n) is 6.76. The number of hydrogen-bond acceptors (Lipinski definition) is 3. The summed E-state index contributed by atoms with van der Waals surface area (Å²) >= 11 is 3.26. The molecule has 7 heteroatoms. The van der Waals surface area contributed by atoms with Gasteiger partial charge in [-0.05, 0) is 54.5 Å². The zero-order chi connectivity index (χ0) is 15.4. The van der Waals surface area contributed by atoms with Crippen molar-refractivity contribution in [3.05, 3.63) is 28.2 Å². The Kier molecular flexibility index (Phi) is 5.19. The van der Waals surface area contributed by atoms with Crippen molar-refractivity contribution in [1.82, 2.24) is 10.2 Å². The van der Waals surface area contributed by atoms with Crippen LogP contribution in [-0.2, 0) is 0 Å². The lowest BCUT2D eigenvalue weighted by molar-refractivity contribution is 0.0698. The van der Waals surface area contributed by atoms with Gasteiger partial charge in [0.1, 0.15) is 0 Å². The summed E-state index contributed by atoms with van der Waals surface area (Å²) in [6, 6.07) is 4.70. The molecule has 1 aromatic carbocycles. The standard InChI is InChI=1S/C14H18BrN3O3/c1-18-7-3-4-9(18)8-16-14(21)17-12-10(13(19)20)5-2-6-11(12)15/h2,5-6,9H,3-4,7-8H2,1H3,(H,19,20)(H2,16,17,21). The molecule has 3 N–H and O–H groups in total. The lowest BCUT2D eigenvalue weighted by Crippen LogP contribution is -2.40. The predicted octanol–water partition coefficient (Wildman–Crippen LogP) is 2.36. The van der Waals surface area contributed by atoms with Gasteiger partial charge in [-0.2, -0.15) is 0 Å². The summed E-state index contributed by atoms with van der Waals surface area (Å²) in [6.07, 6.45) is 2.20. The number of nitrogens with one attached hydrogen (secondary N) is 2. The Balaban J connectivity index is 1.98. The van der Waals surface area contributed by atoms with Crippen molar-refractivity contribution >= 4 is 33.6 Å². The Bertz CT molecular complexity index is 550. The summed E-state index contributed by atoms with van der Waals surface area (Å²) < 4.78 is 0.538. The molecular formula is C14H18BrN3O3. The van der Waals surface area contributed by atoms with Crippen molar-refractivity contribution in [3.63, 3.8) is 0 Å². The maximum atomic E-state index is 11.9. The SMILES string of the molecule is CN1CCCC1CNC(=O)Nc1c(Br)cccc1C(=O)O. The van der Waals surface area contributed by atoms with E-state index in [0.717, 1.165) is 19.4 Å². The van der Waals surface area contributed by atoms with Gasteiger partial charge in [0.15, 0.2) is 0 Å². The number of carbonyl (C=O) groups excluding carboxylic acids is 1. The number of anilines is 1. The van der Waals surface area contributed by atoms with E-state index < -0.39 is 12.0 Å². The molecule has 0 radical (unpaired) electrons. The number of hydrogen-bond donors (Lipinski definition) is 3. The van der Waals surface area contributed by atoms with Crippen LogP contribution in [0.25, 0.3) is 0 Å². The van der Waals surface area contributed by atoms with Gasteiger partial charge in [0.2, 0.25) is 0 Å². The number of para-hydroxylation sites is 1. The molecule has 6 nitrogen and oxygen atoms in total. The van der Waals surface area contributed by atoms with Gasteiger partial charge in [-0.25, -0.2) is 9.59 Å². The normalized spacial score (nSPS) is 18.5. The number of likely N-dealkylation sites (N-methyl/N-ethyl adjacent to an activating group) is 1. The minimum Gasteiger partial charge on any atom is -0.478 e. The number of carbonyl (C=O) groups is 2. The van der Waals surface area contributed by atoms with Crippen LogP contribution in [0, 0.1) is 0 Å². The number of nitrogens with zero attached hydrogens (tertiary/aromatic N) is 1. The predicted molar refractivity (Wildman–Crippen MR) is 83.8 cm³/mol. The van der Waals surface area contributed by atoms with Crippen molar-refractivity contribution in [1.29, 1.82) is 0 Å². The molecular weight excluding hydrogens is 338 g/mol. The summed E-state index contributed by atoms with van der Waals surface area (Å²) in [4.78, 5) is 25.3. The third-order valence-electron chi connectivity index (χ3n) is 3.65. The van der Waals surface area contributed by atoms with Gasteiger partial charge in [0.25, 0.3) is 0 Å². The molecule has 1 unspecified atom stereocenters. The number of halogens is 1. The molecule has 1 atom stereocenters. The van der Waals surface area contributed by atoms with E-state index in [1.54, 1.807) is 12.1 Å². The number of likely N-dealkylation sites (tertiary alicyclic amines) is 1. The van der Waals surface area contributed by atoms with Crippen LogP contribution in [0.5, 0.6) is 0 Å². The molecule has 0 spiro atoms. The highest BCUT2D eigenvalue weighted by molar-refractivity contribution is 9.10. The smallest absolute Gasteiger partial charge is 0.337 e. The molecule has 21 heavy (non-hydrogen) atoms. The van der Waals surface area contributed by atoms with Crippen molar-refractivity contribution in [2.24, 2.45) is 0 Å². The number of amides is 2. The molecule has 114 valence electrons. The molecule has 2 amide bonds. The molecule has 1 aliphatic rings. The second kappa shape index (κ2) is 6.91. The van der Waals surface area contributed by atoms with Gasteiger partial charge >= 0.3 is 12.0 Å². The molecule has 2 rings (SSSR count). The highest BCUT2D eigenvalue weighted by Crippen LogP contribution is 2.26. The van der Waals surface area contributed by atoms with Gasteiger partial charge in [-0.3, -0.25) is 0 Å². The zero-order valence-corrected chi connectivity index (χ0v) is 13.3. The summed E-state index contributed by atoms with van der Waals surface area (Å²) in [6.45, 7) is 1.59. The quantitative estimate of drug-likeness (QED) is 0.774. The van der Waals surface area contributed by atoms with Crippen LogP contribution in [0.4, 0.5) is 10.5 Å². The van der Waals surface area contributed by atoms with Crippen LogP contribution in [-0.4, -0.2) is 48.2 Å². The molecule has 0 aliphatic carbocycles.